The molecule has 2 unspecified atom stereocenters. The van der Waals surface area contributed by atoms with Crippen LogP contribution in [0.4, 0.5) is 5.69 Å². The van der Waals surface area contributed by atoms with Crippen LogP contribution in [0, 0.1) is 11.8 Å². The minimum atomic E-state index is 0.598. The molecule has 1 aromatic rings. The molecule has 1 heterocycles. The predicted molar refractivity (Wildman–Crippen MR) is 79.6 cm³/mol. The molecule has 2 rings (SSSR count). The standard InChI is InChI=1S/C16H26N2O/c1-4-19-16-9-8-15(11-17-16)18-14-7-5-6-13(10-14)12(2)3/h8-9,11-14,18H,4-7,10H2,1-3H3. The molecule has 0 spiro atoms. The fourth-order valence-electron chi connectivity index (χ4n) is 2.90. The number of hydrogen-bond donors (Lipinski definition) is 1. The van der Waals surface area contributed by atoms with E-state index in [1.54, 1.807) is 0 Å². The summed E-state index contributed by atoms with van der Waals surface area (Å²) < 4.78 is 5.36. The number of nitrogens with zero attached hydrogens (tertiary/aromatic N) is 1. The van der Waals surface area contributed by atoms with Gasteiger partial charge in [0.2, 0.25) is 5.88 Å². The van der Waals surface area contributed by atoms with Crippen LogP contribution in [0.5, 0.6) is 5.88 Å². The van der Waals surface area contributed by atoms with Crippen LogP contribution in [0.1, 0.15) is 46.5 Å². The first-order valence-electron chi connectivity index (χ1n) is 7.54. The average molecular weight is 262 g/mol. The van der Waals surface area contributed by atoms with Gasteiger partial charge in [0, 0.05) is 12.1 Å². The lowest BCUT2D eigenvalue weighted by Gasteiger charge is -2.32. The lowest BCUT2D eigenvalue weighted by molar-refractivity contribution is 0.264. The zero-order chi connectivity index (χ0) is 13.7. The van der Waals surface area contributed by atoms with Crippen molar-refractivity contribution in [1.29, 1.82) is 0 Å². The number of hydrogen-bond acceptors (Lipinski definition) is 3. The van der Waals surface area contributed by atoms with Crippen molar-refractivity contribution < 1.29 is 4.74 Å². The highest BCUT2D eigenvalue weighted by Crippen LogP contribution is 2.31. The average Bonchev–Trinajstić information content (AvgIpc) is 2.42. The topological polar surface area (TPSA) is 34.1 Å². The Labute approximate surface area is 116 Å². The summed E-state index contributed by atoms with van der Waals surface area (Å²) in [5.74, 6) is 2.36. The summed E-state index contributed by atoms with van der Waals surface area (Å²) in [4.78, 5) is 4.30. The van der Waals surface area contributed by atoms with Gasteiger partial charge in [0.15, 0.2) is 0 Å². The predicted octanol–water partition coefficient (Wildman–Crippen LogP) is 4.11. The molecule has 19 heavy (non-hydrogen) atoms. The third-order valence-electron chi connectivity index (χ3n) is 4.06. The van der Waals surface area contributed by atoms with E-state index < -0.39 is 0 Å². The van der Waals surface area contributed by atoms with Gasteiger partial charge in [0.05, 0.1) is 18.5 Å². The van der Waals surface area contributed by atoms with E-state index >= 15 is 0 Å². The second kappa shape index (κ2) is 6.78. The number of nitrogens with one attached hydrogen (secondary N) is 1. The Kier molecular flexibility index (Phi) is 5.06. The molecule has 1 aliphatic rings. The zero-order valence-electron chi connectivity index (χ0n) is 12.4. The van der Waals surface area contributed by atoms with E-state index in [-0.39, 0.29) is 0 Å². The molecule has 0 saturated heterocycles. The Balaban J connectivity index is 1.89. The SMILES string of the molecule is CCOc1ccc(NC2CCCC(C(C)C)C2)cn1. The molecule has 1 aromatic heterocycles. The zero-order valence-corrected chi connectivity index (χ0v) is 12.4. The number of ether oxygens (including phenoxy) is 1. The number of pyridine rings is 1. The van der Waals surface area contributed by atoms with Gasteiger partial charge in [0.1, 0.15) is 0 Å². The van der Waals surface area contributed by atoms with E-state index in [4.69, 9.17) is 4.74 Å². The first kappa shape index (κ1) is 14.2. The highest BCUT2D eigenvalue weighted by molar-refractivity contribution is 5.43. The molecule has 1 aliphatic carbocycles. The first-order chi connectivity index (χ1) is 9.19. The maximum Gasteiger partial charge on any atom is 0.213 e. The normalized spacial score (nSPS) is 23.4. The summed E-state index contributed by atoms with van der Waals surface area (Å²) in [5, 5.41) is 3.62. The van der Waals surface area contributed by atoms with Gasteiger partial charge in [0.25, 0.3) is 0 Å². The quantitative estimate of drug-likeness (QED) is 0.867. The molecule has 0 radical (unpaired) electrons. The molecule has 0 bridgehead atoms. The van der Waals surface area contributed by atoms with E-state index in [0.717, 1.165) is 17.5 Å². The van der Waals surface area contributed by atoms with Gasteiger partial charge >= 0.3 is 0 Å². The van der Waals surface area contributed by atoms with Crippen molar-refractivity contribution in [3.63, 3.8) is 0 Å². The molecule has 0 amide bonds. The molecule has 106 valence electrons. The van der Waals surface area contributed by atoms with Crippen LogP contribution in [0.25, 0.3) is 0 Å². The van der Waals surface area contributed by atoms with Gasteiger partial charge in [-0.15, -0.1) is 0 Å². The van der Waals surface area contributed by atoms with Crippen molar-refractivity contribution in [2.24, 2.45) is 11.8 Å². The highest BCUT2D eigenvalue weighted by Gasteiger charge is 2.23. The molecular weight excluding hydrogens is 236 g/mol. The Bertz CT molecular complexity index is 375. The third-order valence-corrected chi connectivity index (χ3v) is 4.06. The summed E-state index contributed by atoms with van der Waals surface area (Å²) in [6.45, 7) is 7.32. The van der Waals surface area contributed by atoms with E-state index in [0.29, 0.717) is 18.5 Å². The van der Waals surface area contributed by atoms with Gasteiger partial charge in [-0.2, -0.15) is 0 Å². The Morgan fingerprint density at radius 1 is 1.37 bits per heavy atom. The van der Waals surface area contributed by atoms with E-state index in [1.165, 1.54) is 25.7 Å². The van der Waals surface area contributed by atoms with Crippen LogP contribution in [0.2, 0.25) is 0 Å². The maximum atomic E-state index is 5.36. The van der Waals surface area contributed by atoms with Gasteiger partial charge in [-0.25, -0.2) is 4.98 Å². The van der Waals surface area contributed by atoms with Crippen LogP contribution >= 0.6 is 0 Å². The summed E-state index contributed by atoms with van der Waals surface area (Å²) in [6.07, 6.45) is 7.16. The minimum absolute atomic E-state index is 0.598. The number of aromatic nitrogens is 1. The van der Waals surface area contributed by atoms with Crippen molar-refractivity contribution in [1.82, 2.24) is 4.98 Å². The van der Waals surface area contributed by atoms with Crippen LogP contribution in [0.3, 0.4) is 0 Å². The van der Waals surface area contributed by atoms with Gasteiger partial charge < -0.3 is 10.1 Å². The Morgan fingerprint density at radius 2 is 2.21 bits per heavy atom. The molecule has 0 aliphatic heterocycles. The van der Waals surface area contributed by atoms with Crippen LogP contribution in [-0.2, 0) is 0 Å². The van der Waals surface area contributed by atoms with Crippen LogP contribution in [0.15, 0.2) is 18.3 Å². The van der Waals surface area contributed by atoms with Crippen molar-refractivity contribution in [2.45, 2.75) is 52.5 Å². The first-order valence-corrected chi connectivity index (χ1v) is 7.54. The Hall–Kier alpha value is -1.25. The highest BCUT2D eigenvalue weighted by atomic mass is 16.5. The van der Waals surface area contributed by atoms with Crippen molar-refractivity contribution in [3.05, 3.63) is 18.3 Å². The van der Waals surface area contributed by atoms with Gasteiger partial charge in [-0.3, -0.25) is 0 Å². The van der Waals surface area contributed by atoms with E-state index in [2.05, 4.69) is 30.2 Å². The maximum absolute atomic E-state index is 5.36. The molecule has 1 N–H and O–H groups in total. The van der Waals surface area contributed by atoms with Crippen molar-refractivity contribution in [2.75, 3.05) is 11.9 Å². The largest absolute Gasteiger partial charge is 0.478 e. The second-order valence-electron chi connectivity index (χ2n) is 5.83. The molecule has 2 atom stereocenters. The lowest BCUT2D eigenvalue weighted by atomic mass is 9.79. The van der Waals surface area contributed by atoms with Crippen molar-refractivity contribution in [3.8, 4) is 5.88 Å². The summed E-state index contributed by atoms with van der Waals surface area (Å²) in [6, 6.07) is 4.60. The molecule has 3 heteroatoms. The minimum Gasteiger partial charge on any atom is -0.478 e. The number of rotatable bonds is 5. The second-order valence-corrected chi connectivity index (χ2v) is 5.83. The third kappa shape index (κ3) is 4.12. The summed E-state index contributed by atoms with van der Waals surface area (Å²) in [7, 11) is 0. The van der Waals surface area contributed by atoms with Crippen LogP contribution in [-0.4, -0.2) is 17.6 Å². The molecule has 0 aromatic carbocycles. The summed E-state index contributed by atoms with van der Waals surface area (Å²) in [5.41, 5.74) is 1.11. The van der Waals surface area contributed by atoms with Crippen LogP contribution < -0.4 is 10.1 Å². The smallest absolute Gasteiger partial charge is 0.213 e. The fourth-order valence-corrected chi connectivity index (χ4v) is 2.90. The lowest BCUT2D eigenvalue weighted by Crippen LogP contribution is -2.29. The fraction of sp³-hybridized carbons (Fsp3) is 0.688. The summed E-state index contributed by atoms with van der Waals surface area (Å²) >= 11 is 0. The van der Waals surface area contributed by atoms with Gasteiger partial charge in [-0.1, -0.05) is 26.7 Å². The molecule has 3 nitrogen and oxygen atoms in total. The van der Waals surface area contributed by atoms with Crippen molar-refractivity contribution >= 4 is 5.69 Å². The van der Waals surface area contributed by atoms with E-state index in [1.807, 2.05) is 19.2 Å². The molecule has 1 saturated carbocycles. The van der Waals surface area contributed by atoms with E-state index in [9.17, 15) is 0 Å². The number of anilines is 1. The monoisotopic (exact) mass is 262 g/mol. The Morgan fingerprint density at radius 3 is 2.84 bits per heavy atom. The molecular formula is C16H26N2O. The molecule has 1 fully saturated rings. The van der Waals surface area contributed by atoms with Gasteiger partial charge in [-0.05, 0) is 37.7 Å².